The highest BCUT2D eigenvalue weighted by Crippen LogP contribution is 2.23. The van der Waals surface area contributed by atoms with Crippen molar-refractivity contribution in [3.63, 3.8) is 0 Å². The fraction of sp³-hybridized carbons (Fsp3) is 0.385. The second kappa shape index (κ2) is 4.93. The molecule has 2 aromatic rings. The molecule has 0 bridgehead atoms. The van der Waals surface area contributed by atoms with Gasteiger partial charge in [-0.2, -0.15) is 5.26 Å². The molecule has 2 rings (SSSR count). The van der Waals surface area contributed by atoms with Gasteiger partial charge < -0.3 is 5.32 Å². The van der Waals surface area contributed by atoms with E-state index in [0.717, 1.165) is 6.26 Å². The van der Waals surface area contributed by atoms with Gasteiger partial charge >= 0.3 is 0 Å². The zero-order valence-electron chi connectivity index (χ0n) is 12.2. The van der Waals surface area contributed by atoms with Crippen LogP contribution in [0.15, 0.2) is 17.4 Å². The van der Waals surface area contributed by atoms with E-state index in [1.165, 1.54) is 12.3 Å². The average molecular weight is 305 g/mol. The summed E-state index contributed by atoms with van der Waals surface area (Å²) >= 11 is 0. The van der Waals surface area contributed by atoms with E-state index >= 15 is 0 Å². The number of nitrogens with one attached hydrogen (secondary N) is 1. The van der Waals surface area contributed by atoms with Gasteiger partial charge in [0, 0.05) is 23.4 Å². The minimum absolute atomic E-state index is 0.213. The maximum atomic E-state index is 11.6. The molecule has 0 aliphatic carbocycles. The molecule has 0 spiro atoms. The molecule has 0 radical (unpaired) electrons. The van der Waals surface area contributed by atoms with Crippen molar-refractivity contribution in [2.45, 2.75) is 31.5 Å². The second-order valence-electron chi connectivity index (χ2n) is 5.71. The maximum absolute atomic E-state index is 11.6. The number of hydrogen-bond donors (Lipinski definition) is 1. The third kappa shape index (κ3) is 3.44. The molecule has 21 heavy (non-hydrogen) atoms. The quantitative estimate of drug-likeness (QED) is 0.837. The van der Waals surface area contributed by atoms with Crippen molar-refractivity contribution < 1.29 is 8.42 Å². The molecule has 110 valence electrons. The number of anilines is 1. The van der Waals surface area contributed by atoms with Crippen molar-refractivity contribution >= 4 is 26.6 Å². The Morgan fingerprint density at radius 3 is 2.48 bits per heavy atom. The first-order valence-electron chi connectivity index (χ1n) is 6.16. The molecule has 0 fully saturated rings. The predicted octanol–water partition coefficient (Wildman–Crippen LogP) is 1.51. The summed E-state index contributed by atoms with van der Waals surface area (Å²) in [4.78, 5) is 12.1. The minimum atomic E-state index is -3.51. The van der Waals surface area contributed by atoms with Crippen molar-refractivity contribution in [1.29, 1.82) is 5.26 Å². The zero-order chi connectivity index (χ0) is 15.8. The van der Waals surface area contributed by atoms with Gasteiger partial charge in [0.25, 0.3) is 0 Å². The topological polar surface area (TPSA) is 109 Å². The molecule has 0 unspecified atom stereocenters. The minimum Gasteiger partial charge on any atom is -0.364 e. The van der Waals surface area contributed by atoms with E-state index in [1.807, 2.05) is 26.8 Å². The van der Waals surface area contributed by atoms with E-state index in [0.29, 0.717) is 16.7 Å². The number of rotatable bonds is 2. The predicted molar refractivity (Wildman–Crippen MR) is 78.5 cm³/mol. The van der Waals surface area contributed by atoms with Crippen LogP contribution in [0.3, 0.4) is 0 Å². The summed E-state index contributed by atoms with van der Waals surface area (Å²) in [5, 5.41) is 12.4. The molecule has 0 atom stereocenters. The Hall–Kier alpha value is -2.27. The van der Waals surface area contributed by atoms with Crippen LogP contribution in [-0.2, 0) is 9.84 Å². The number of aromatic nitrogens is 3. The first-order valence-corrected chi connectivity index (χ1v) is 8.05. The number of hydrogen-bond acceptors (Lipinski definition) is 7. The molecule has 1 N–H and O–H groups in total. The van der Waals surface area contributed by atoms with Crippen molar-refractivity contribution in [3.05, 3.63) is 18.0 Å². The summed E-state index contributed by atoms with van der Waals surface area (Å²) in [7, 11) is -3.51. The van der Waals surface area contributed by atoms with Crippen LogP contribution in [0, 0.1) is 11.3 Å². The Kier molecular flexibility index (Phi) is 3.55. The molecule has 0 saturated carbocycles. The fourth-order valence-corrected chi connectivity index (χ4v) is 2.20. The van der Waals surface area contributed by atoms with Gasteiger partial charge in [0.1, 0.15) is 17.3 Å². The SMILES string of the molecule is CC(C)(C)Nc1nc(C#N)cc2cnc(S(C)(=O)=O)nc12. The van der Waals surface area contributed by atoms with Gasteiger partial charge in [-0.1, -0.05) is 0 Å². The molecular formula is C13H15N5O2S. The van der Waals surface area contributed by atoms with Crippen LogP contribution in [-0.4, -0.2) is 35.2 Å². The molecule has 7 nitrogen and oxygen atoms in total. The summed E-state index contributed by atoms with van der Waals surface area (Å²) in [6, 6.07) is 3.49. The molecule has 2 heterocycles. The van der Waals surface area contributed by atoms with Gasteiger partial charge in [-0.3, -0.25) is 0 Å². The number of sulfone groups is 1. The van der Waals surface area contributed by atoms with Gasteiger partial charge in [0.2, 0.25) is 15.0 Å². The van der Waals surface area contributed by atoms with E-state index in [9.17, 15) is 8.42 Å². The second-order valence-corrected chi connectivity index (χ2v) is 7.61. The number of nitrogens with zero attached hydrogens (tertiary/aromatic N) is 4. The lowest BCUT2D eigenvalue weighted by molar-refractivity contribution is 0.593. The lowest BCUT2D eigenvalue weighted by Gasteiger charge is -2.22. The average Bonchev–Trinajstić information content (AvgIpc) is 2.35. The highest BCUT2D eigenvalue weighted by atomic mass is 32.2. The van der Waals surface area contributed by atoms with E-state index in [4.69, 9.17) is 5.26 Å². The molecule has 0 aliphatic rings. The molecule has 0 aromatic carbocycles. The standard InChI is InChI=1S/C13H15N5O2S/c1-13(2,3)18-11-10-8(5-9(6-14)16-11)7-15-12(17-10)21(4,19)20/h5,7H,1-4H3,(H,16,18). The largest absolute Gasteiger partial charge is 0.364 e. The third-order valence-corrected chi connectivity index (χ3v) is 3.34. The van der Waals surface area contributed by atoms with Crippen LogP contribution < -0.4 is 5.32 Å². The van der Waals surface area contributed by atoms with Crippen LogP contribution in [0.4, 0.5) is 5.82 Å². The fourth-order valence-electron chi connectivity index (χ4n) is 1.70. The normalized spacial score (nSPS) is 12.1. The van der Waals surface area contributed by atoms with Crippen molar-refractivity contribution in [3.8, 4) is 6.07 Å². The molecule has 8 heteroatoms. The summed E-state index contributed by atoms with van der Waals surface area (Å²) in [6.07, 6.45) is 2.43. The Labute approximate surface area is 123 Å². The Morgan fingerprint density at radius 1 is 1.29 bits per heavy atom. The van der Waals surface area contributed by atoms with Crippen LogP contribution in [0.25, 0.3) is 10.9 Å². The number of fused-ring (bicyclic) bond motifs is 1. The van der Waals surface area contributed by atoms with Crippen molar-refractivity contribution in [2.75, 3.05) is 11.6 Å². The van der Waals surface area contributed by atoms with Crippen LogP contribution in [0.5, 0.6) is 0 Å². The Morgan fingerprint density at radius 2 is 1.95 bits per heavy atom. The number of nitriles is 1. The van der Waals surface area contributed by atoms with Gasteiger partial charge in [0.15, 0.2) is 5.82 Å². The van der Waals surface area contributed by atoms with E-state index < -0.39 is 9.84 Å². The maximum Gasteiger partial charge on any atom is 0.247 e. The highest BCUT2D eigenvalue weighted by molar-refractivity contribution is 7.90. The van der Waals surface area contributed by atoms with Crippen LogP contribution in [0.1, 0.15) is 26.5 Å². The lowest BCUT2D eigenvalue weighted by Crippen LogP contribution is -2.27. The lowest BCUT2D eigenvalue weighted by atomic mass is 10.1. The number of pyridine rings is 1. The first kappa shape index (κ1) is 15.1. The van der Waals surface area contributed by atoms with Gasteiger partial charge in [0.05, 0.1) is 0 Å². The summed E-state index contributed by atoms with van der Waals surface area (Å²) in [5.41, 5.74) is 0.272. The zero-order valence-corrected chi connectivity index (χ0v) is 13.0. The van der Waals surface area contributed by atoms with Gasteiger partial charge in [-0.05, 0) is 26.8 Å². The van der Waals surface area contributed by atoms with Gasteiger partial charge in [-0.15, -0.1) is 0 Å². The van der Waals surface area contributed by atoms with E-state index in [2.05, 4.69) is 20.3 Å². The Bertz CT molecular complexity index is 847. The van der Waals surface area contributed by atoms with E-state index in [-0.39, 0.29) is 16.4 Å². The first-order chi connectivity index (χ1) is 9.60. The van der Waals surface area contributed by atoms with Crippen molar-refractivity contribution in [1.82, 2.24) is 15.0 Å². The molecular weight excluding hydrogens is 290 g/mol. The van der Waals surface area contributed by atoms with E-state index in [1.54, 1.807) is 0 Å². The van der Waals surface area contributed by atoms with Crippen molar-refractivity contribution in [2.24, 2.45) is 0 Å². The molecule has 0 amide bonds. The van der Waals surface area contributed by atoms with Crippen LogP contribution >= 0.6 is 0 Å². The Balaban J connectivity index is 2.76. The molecule has 0 saturated heterocycles. The summed E-state index contributed by atoms with van der Waals surface area (Å²) in [6.45, 7) is 5.79. The highest BCUT2D eigenvalue weighted by Gasteiger charge is 2.18. The van der Waals surface area contributed by atoms with Gasteiger partial charge in [-0.25, -0.2) is 23.4 Å². The smallest absolute Gasteiger partial charge is 0.247 e. The summed E-state index contributed by atoms with van der Waals surface area (Å²) < 4.78 is 23.2. The monoisotopic (exact) mass is 305 g/mol. The molecule has 0 aliphatic heterocycles. The summed E-state index contributed by atoms with van der Waals surface area (Å²) in [5.74, 6) is 0.365. The third-order valence-electron chi connectivity index (χ3n) is 2.48. The molecule has 2 aromatic heterocycles. The van der Waals surface area contributed by atoms with Crippen LogP contribution in [0.2, 0.25) is 0 Å².